The number of benzene rings is 2. The van der Waals surface area contributed by atoms with Crippen molar-refractivity contribution in [1.82, 2.24) is 0 Å². The van der Waals surface area contributed by atoms with Gasteiger partial charge in [-0.05, 0) is 31.5 Å². The van der Waals surface area contributed by atoms with Crippen molar-refractivity contribution in [3.63, 3.8) is 0 Å². The Hall–Kier alpha value is -2.41. The van der Waals surface area contributed by atoms with Crippen LogP contribution in [0, 0.1) is 13.8 Å². The average molecular weight is 303 g/mol. The molecule has 0 saturated carbocycles. The van der Waals surface area contributed by atoms with E-state index < -0.39 is 0 Å². The smallest absolute Gasteiger partial charge is 0.212 e. The number of hydrogen-bond donors (Lipinski definition) is 0. The van der Waals surface area contributed by atoms with Gasteiger partial charge >= 0.3 is 11.5 Å². The molecule has 0 aliphatic rings. The van der Waals surface area contributed by atoms with Crippen LogP contribution in [0.25, 0.3) is 22.5 Å². The second kappa shape index (κ2) is 6.37. The van der Waals surface area contributed by atoms with Gasteiger partial charge in [0.1, 0.15) is 0 Å². The van der Waals surface area contributed by atoms with Crippen LogP contribution in [0.1, 0.15) is 36.7 Å². The van der Waals surface area contributed by atoms with Crippen molar-refractivity contribution >= 4 is 0 Å². The van der Waals surface area contributed by atoms with Gasteiger partial charge in [-0.15, -0.1) is 0 Å². The van der Waals surface area contributed by atoms with E-state index in [-0.39, 0.29) is 0 Å². The van der Waals surface area contributed by atoms with Gasteiger partial charge in [0.15, 0.2) is 0 Å². The highest BCUT2D eigenvalue weighted by atomic mass is 16.3. The van der Waals surface area contributed by atoms with Crippen molar-refractivity contribution < 1.29 is 4.42 Å². The molecule has 0 amide bonds. The number of rotatable bonds is 3. The Labute approximate surface area is 138 Å². The first-order chi connectivity index (χ1) is 11.0. The molecule has 0 radical (unpaired) electrons. The molecule has 0 bridgehead atoms. The van der Waals surface area contributed by atoms with E-state index in [9.17, 15) is 0 Å². The van der Waals surface area contributed by atoms with E-state index in [1.807, 2.05) is 0 Å². The molecule has 1 heteroatoms. The van der Waals surface area contributed by atoms with E-state index in [4.69, 9.17) is 4.42 Å². The standard InChI is InChI=1S/C22H23O/c1-15(2)21-13-20(18-9-5-16(3)6-10-18)14-22(23-21)19-11-7-17(4)8-12-19/h5-15H,1-4H3/q+1. The summed E-state index contributed by atoms with van der Waals surface area (Å²) in [6, 6.07) is 21.4. The molecule has 0 saturated heterocycles. The second-order valence-electron chi connectivity index (χ2n) is 6.50. The molecular formula is C22H23O+. The van der Waals surface area contributed by atoms with E-state index in [1.54, 1.807) is 0 Å². The summed E-state index contributed by atoms with van der Waals surface area (Å²) in [6.45, 7) is 8.54. The summed E-state index contributed by atoms with van der Waals surface area (Å²) in [6.07, 6.45) is 0. The third-order valence-corrected chi connectivity index (χ3v) is 4.10. The summed E-state index contributed by atoms with van der Waals surface area (Å²) in [7, 11) is 0. The lowest BCUT2D eigenvalue weighted by molar-refractivity contribution is 0.483. The predicted molar refractivity (Wildman–Crippen MR) is 97.6 cm³/mol. The van der Waals surface area contributed by atoms with Crippen molar-refractivity contribution in [3.8, 4) is 22.5 Å². The minimum Gasteiger partial charge on any atom is -0.212 e. The molecule has 1 nitrogen and oxygen atoms in total. The molecule has 0 fully saturated rings. The van der Waals surface area contributed by atoms with Crippen molar-refractivity contribution in [1.29, 1.82) is 0 Å². The van der Waals surface area contributed by atoms with Crippen LogP contribution in [0.2, 0.25) is 0 Å². The van der Waals surface area contributed by atoms with Gasteiger partial charge in [0.05, 0.1) is 17.5 Å². The van der Waals surface area contributed by atoms with Gasteiger partial charge in [0, 0.05) is 11.6 Å². The molecule has 0 aliphatic heterocycles. The largest absolute Gasteiger partial charge is 0.360 e. The lowest BCUT2D eigenvalue weighted by Gasteiger charge is -2.04. The molecule has 0 N–H and O–H groups in total. The first-order valence-electron chi connectivity index (χ1n) is 8.15. The summed E-state index contributed by atoms with van der Waals surface area (Å²) in [5.74, 6) is 2.29. The van der Waals surface area contributed by atoms with E-state index in [1.165, 1.54) is 22.3 Å². The molecule has 3 rings (SSSR count). The number of hydrogen-bond acceptors (Lipinski definition) is 0. The maximum Gasteiger partial charge on any atom is 0.360 e. The fourth-order valence-electron chi connectivity index (χ4n) is 2.58. The third kappa shape index (κ3) is 3.50. The highest BCUT2D eigenvalue weighted by Gasteiger charge is 2.21. The lowest BCUT2D eigenvalue weighted by atomic mass is 10.00. The minimum atomic E-state index is 0.351. The van der Waals surface area contributed by atoms with Gasteiger partial charge in [-0.25, -0.2) is 4.42 Å². The molecular weight excluding hydrogens is 280 g/mol. The Morgan fingerprint density at radius 3 is 1.70 bits per heavy atom. The Bertz CT molecular complexity index is 733. The van der Waals surface area contributed by atoms with Gasteiger partial charge in [0.25, 0.3) is 0 Å². The van der Waals surface area contributed by atoms with Gasteiger partial charge in [-0.2, -0.15) is 0 Å². The van der Waals surface area contributed by atoms with Crippen LogP contribution in [0.5, 0.6) is 0 Å². The van der Waals surface area contributed by atoms with Crippen LogP contribution in [0.4, 0.5) is 0 Å². The highest BCUT2D eigenvalue weighted by Crippen LogP contribution is 2.31. The zero-order chi connectivity index (χ0) is 16.4. The van der Waals surface area contributed by atoms with E-state index >= 15 is 0 Å². The average Bonchev–Trinajstić information content (AvgIpc) is 2.55. The fourth-order valence-corrected chi connectivity index (χ4v) is 2.58. The fraction of sp³-hybridized carbons (Fsp3) is 0.227. The zero-order valence-electron chi connectivity index (χ0n) is 14.3. The molecule has 0 spiro atoms. The van der Waals surface area contributed by atoms with Crippen LogP contribution in [-0.2, 0) is 0 Å². The molecule has 2 aromatic carbocycles. The molecule has 116 valence electrons. The second-order valence-corrected chi connectivity index (χ2v) is 6.50. The van der Waals surface area contributed by atoms with Crippen LogP contribution in [0.15, 0.2) is 65.1 Å². The molecule has 1 heterocycles. The van der Waals surface area contributed by atoms with Crippen LogP contribution in [0.3, 0.4) is 0 Å². The molecule has 0 atom stereocenters. The van der Waals surface area contributed by atoms with Gasteiger partial charge < -0.3 is 0 Å². The third-order valence-electron chi connectivity index (χ3n) is 4.10. The maximum atomic E-state index is 6.15. The van der Waals surface area contributed by atoms with Crippen molar-refractivity contribution in [2.45, 2.75) is 33.6 Å². The summed E-state index contributed by atoms with van der Waals surface area (Å²) in [5.41, 5.74) is 6.08. The topological polar surface area (TPSA) is 11.3 Å². The normalized spacial score (nSPS) is 11.0. The quantitative estimate of drug-likeness (QED) is 0.494. The summed E-state index contributed by atoms with van der Waals surface area (Å²) >= 11 is 0. The Balaban J connectivity index is 2.13. The zero-order valence-corrected chi connectivity index (χ0v) is 14.3. The van der Waals surface area contributed by atoms with Gasteiger partial charge in [0.2, 0.25) is 0 Å². The highest BCUT2D eigenvalue weighted by molar-refractivity contribution is 5.70. The molecule has 0 unspecified atom stereocenters. The van der Waals surface area contributed by atoms with E-state index in [2.05, 4.69) is 88.4 Å². The van der Waals surface area contributed by atoms with Crippen molar-refractivity contribution in [2.75, 3.05) is 0 Å². The van der Waals surface area contributed by atoms with Gasteiger partial charge in [-0.3, -0.25) is 0 Å². The van der Waals surface area contributed by atoms with Gasteiger partial charge in [-0.1, -0.05) is 61.4 Å². The monoisotopic (exact) mass is 303 g/mol. The van der Waals surface area contributed by atoms with Crippen molar-refractivity contribution in [3.05, 3.63) is 77.6 Å². The van der Waals surface area contributed by atoms with Crippen LogP contribution < -0.4 is 0 Å². The summed E-state index contributed by atoms with van der Waals surface area (Å²) < 4.78 is 6.15. The first kappa shape index (κ1) is 15.5. The Morgan fingerprint density at radius 1 is 0.652 bits per heavy atom. The predicted octanol–water partition coefficient (Wildman–Crippen LogP) is 6.63. The maximum absolute atomic E-state index is 6.15. The van der Waals surface area contributed by atoms with Crippen LogP contribution >= 0.6 is 0 Å². The Kier molecular flexibility index (Phi) is 4.29. The minimum absolute atomic E-state index is 0.351. The summed E-state index contributed by atoms with van der Waals surface area (Å²) in [5, 5.41) is 0. The Morgan fingerprint density at radius 2 is 1.17 bits per heavy atom. The summed E-state index contributed by atoms with van der Waals surface area (Å²) in [4.78, 5) is 0. The van der Waals surface area contributed by atoms with E-state index in [0.717, 1.165) is 17.1 Å². The SMILES string of the molecule is Cc1ccc(-c2cc(-c3ccc(C)cc3)[o+]c(C(C)C)c2)cc1. The molecule has 3 aromatic rings. The van der Waals surface area contributed by atoms with Crippen LogP contribution in [-0.4, -0.2) is 0 Å². The molecule has 1 aromatic heterocycles. The lowest BCUT2D eigenvalue weighted by Crippen LogP contribution is -1.91. The molecule has 0 aliphatic carbocycles. The van der Waals surface area contributed by atoms with Crippen molar-refractivity contribution in [2.24, 2.45) is 0 Å². The first-order valence-corrected chi connectivity index (χ1v) is 8.15. The van der Waals surface area contributed by atoms with E-state index in [0.29, 0.717) is 5.92 Å². The number of aryl methyl sites for hydroxylation is 2. The molecule has 23 heavy (non-hydrogen) atoms.